The highest BCUT2D eigenvalue weighted by Crippen LogP contribution is 2.40. The number of nitrogens with zero attached hydrogens (tertiary/aromatic N) is 1. The first-order valence-corrected chi connectivity index (χ1v) is 8.43. The Balaban J connectivity index is 2.13. The molecule has 8 nitrogen and oxygen atoms in total. The van der Waals surface area contributed by atoms with E-state index in [1.54, 1.807) is 31.5 Å². The predicted molar refractivity (Wildman–Crippen MR) is 103 cm³/mol. The number of hydrogen-bond donors (Lipinski definition) is 2. The number of carbonyl (C=O) groups excluding carboxylic acids is 1. The first-order valence-electron chi connectivity index (χ1n) is 8.43. The third-order valence-electron chi connectivity index (χ3n) is 3.77. The molecule has 8 heteroatoms. The fraction of sp³-hybridized carbons (Fsp3) is 0.368. The lowest BCUT2D eigenvalue weighted by atomic mass is 10.2. The van der Waals surface area contributed by atoms with E-state index in [9.17, 15) is 4.79 Å². The van der Waals surface area contributed by atoms with Crippen molar-refractivity contribution >= 4 is 17.3 Å². The third-order valence-corrected chi connectivity index (χ3v) is 3.77. The minimum atomic E-state index is -0.343. The van der Waals surface area contributed by atoms with E-state index >= 15 is 0 Å². The van der Waals surface area contributed by atoms with E-state index < -0.39 is 0 Å². The normalized spacial score (nSPS) is 10.2. The Morgan fingerprint density at radius 3 is 2.30 bits per heavy atom. The van der Waals surface area contributed by atoms with Crippen LogP contribution in [0.15, 0.2) is 30.5 Å². The van der Waals surface area contributed by atoms with Crippen molar-refractivity contribution < 1.29 is 23.7 Å². The summed E-state index contributed by atoms with van der Waals surface area (Å²) in [5.74, 6) is 1.02. The summed E-state index contributed by atoms with van der Waals surface area (Å²) < 4.78 is 20.9. The minimum Gasteiger partial charge on any atom is -0.493 e. The first-order chi connectivity index (χ1) is 13.1. The lowest BCUT2D eigenvalue weighted by Crippen LogP contribution is -2.14. The van der Waals surface area contributed by atoms with Crippen molar-refractivity contribution in [3.63, 3.8) is 0 Å². The molecule has 0 fully saturated rings. The molecule has 0 bridgehead atoms. The van der Waals surface area contributed by atoms with Crippen LogP contribution in [-0.4, -0.2) is 52.5 Å². The van der Waals surface area contributed by atoms with Crippen LogP contribution in [-0.2, 0) is 4.74 Å². The van der Waals surface area contributed by atoms with Gasteiger partial charge in [0.25, 0.3) is 5.91 Å². The molecule has 0 aliphatic heterocycles. The maximum absolute atomic E-state index is 12.6. The van der Waals surface area contributed by atoms with Crippen LogP contribution in [0.5, 0.6) is 17.2 Å². The van der Waals surface area contributed by atoms with Gasteiger partial charge in [0.1, 0.15) is 5.69 Å². The van der Waals surface area contributed by atoms with E-state index in [-0.39, 0.29) is 5.91 Å². The van der Waals surface area contributed by atoms with E-state index in [1.807, 2.05) is 6.07 Å². The molecule has 1 heterocycles. The van der Waals surface area contributed by atoms with Crippen molar-refractivity contribution in [2.24, 2.45) is 0 Å². The van der Waals surface area contributed by atoms with Crippen molar-refractivity contribution in [3.05, 3.63) is 36.2 Å². The summed E-state index contributed by atoms with van der Waals surface area (Å²) in [6.45, 7) is 1.42. The molecule has 1 aromatic heterocycles. The number of rotatable bonds is 10. The van der Waals surface area contributed by atoms with E-state index in [1.165, 1.54) is 21.3 Å². The van der Waals surface area contributed by atoms with Gasteiger partial charge in [-0.3, -0.25) is 9.78 Å². The third kappa shape index (κ3) is 5.49. The molecule has 1 amide bonds. The highest BCUT2D eigenvalue weighted by atomic mass is 16.5. The number of anilines is 2. The van der Waals surface area contributed by atoms with E-state index in [0.717, 1.165) is 18.7 Å². The Labute approximate surface area is 158 Å². The van der Waals surface area contributed by atoms with E-state index in [4.69, 9.17) is 18.9 Å². The van der Waals surface area contributed by atoms with Crippen LogP contribution in [0.4, 0.5) is 11.4 Å². The number of benzene rings is 1. The molecule has 1 aromatic carbocycles. The van der Waals surface area contributed by atoms with Gasteiger partial charge in [0.05, 0.1) is 21.3 Å². The molecule has 0 saturated carbocycles. The second-order valence-corrected chi connectivity index (χ2v) is 5.57. The van der Waals surface area contributed by atoms with Gasteiger partial charge >= 0.3 is 0 Å². The largest absolute Gasteiger partial charge is 0.493 e. The quantitative estimate of drug-likeness (QED) is 0.617. The Hall–Kier alpha value is -3.00. The molecule has 0 aliphatic rings. The van der Waals surface area contributed by atoms with Crippen LogP contribution in [0.3, 0.4) is 0 Å². The molecular formula is C19H25N3O5. The molecule has 2 N–H and O–H groups in total. The average Bonchev–Trinajstić information content (AvgIpc) is 2.70. The van der Waals surface area contributed by atoms with Crippen LogP contribution in [0, 0.1) is 0 Å². The molecule has 0 atom stereocenters. The number of hydrogen-bond acceptors (Lipinski definition) is 7. The molecular weight excluding hydrogens is 350 g/mol. The zero-order chi connectivity index (χ0) is 19.6. The lowest BCUT2D eigenvalue weighted by Gasteiger charge is -2.14. The van der Waals surface area contributed by atoms with Gasteiger partial charge in [-0.1, -0.05) is 0 Å². The molecule has 2 aromatic rings. The molecule has 2 rings (SSSR count). The molecule has 146 valence electrons. The Morgan fingerprint density at radius 1 is 1.00 bits per heavy atom. The number of aromatic nitrogens is 1. The van der Waals surface area contributed by atoms with E-state index in [2.05, 4.69) is 15.6 Å². The van der Waals surface area contributed by atoms with Gasteiger partial charge in [-0.05, 0) is 18.6 Å². The highest BCUT2D eigenvalue weighted by molar-refractivity contribution is 6.03. The van der Waals surface area contributed by atoms with Crippen molar-refractivity contribution in [3.8, 4) is 17.2 Å². The molecule has 0 aliphatic carbocycles. The van der Waals surface area contributed by atoms with Gasteiger partial charge in [0.2, 0.25) is 5.75 Å². The van der Waals surface area contributed by atoms with Crippen molar-refractivity contribution in [1.29, 1.82) is 0 Å². The summed E-state index contributed by atoms with van der Waals surface area (Å²) >= 11 is 0. The number of amides is 1. The van der Waals surface area contributed by atoms with Crippen LogP contribution in [0.2, 0.25) is 0 Å². The van der Waals surface area contributed by atoms with Gasteiger partial charge < -0.3 is 29.6 Å². The highest BCUT2D eigenvalue weighted by Gasteiger charge is 2.15. The Morgan fingerprint density at radius 2 is 1.70 bits per heavy atom. The maximum atomic E-state index is 12.6. The number of methoxy groups -OCH3 is 4. The summed E-state index contributed by atoms with van der Waals surface area (Å²) in [6, 6.07) is 6.82. The minimum absolute atomic E-state index is 0.292. The average molecular weight is 375 g/mol. The Kier molecular flexibility index (Phi) is 7.69. The maximum Gasteiger partial charge on any atom is 0.274 e. The molecule has 27 heavy (non-hydrogen) atoms. The summed E-state index contributed by atoms with van der Waals surface area (Å²) in [6.07, 6.45) is 2.45. The summed E-state index contributed by atoms with van der Waals surface area (Å²) in [5.41, 5.74) is 1.62. The zero-order valence-electron chi connectivity index (χ0n) is 16.0. The number of nitrogens with one attached hydrogen (secondary N) is 2. The smallest absolute Gasteiger partial charge is 0.274 e. The second kappa shape index (κ2) is 10.2. The number of carbonyl (C=O) groups is 1. The van der Waals surface area contributed by atoms with Crippen molar-refractivity contribution in [2.75, 3.05) is 52.2 Å². The van der Waals surface area contributed by atoms with Gasteiger partial charge in [0.15, 0.2) is 11.5 Å². The molecule has 0 spiro atoms. The molecule has 0 saturated heterocycles. The summed E-state index contributed by atoms with van der Waals surface area (Å²) in [7, 11) is 6.22. The fourth-order valence-corrected chi connectivity index (χ4v) is 2.46. The monoisotopic (exact) mass is 375 g/mol. The predicted octanol–water partition coefficient (Wildman–Crippen LogP) is 2.81. The van der Waals surface area contributed by atoms with Crippen LogP contribution in [0.1, 0.15) is 16.9 Å². The van der Waals surface area contributed by atoms with Gasteiger partial charge in [-0.25, -0.2) is 0 Å². The van der Waals surface area contributed by atoms with Crippen LogP contribution >= 0.6 is 0 Å². The Bertz CT molecular complexity index is 742. The molecule has 0 radical (unpaired) electrons. The first kappa shape index (κ1) is 20.3. The van der Waals surface area contributed by atoms with Crippen molar-refractivity contribution in [2.45, 2.75) is 6.42 Å². The van der Waals surface area contributed by atoms with Gasteiger partial charge in [-0.2, -0.15) is 0 Å². The summed E-state index contributed by atoms with van der Waals surface area (Å²) in [5, 5.41) is 6.03. The number of ether oxygens (including phenoxy) is 4. The van der Waals surface area contributed by atoms with Crippen molar-refractivity contribution in [1.82, 2.24) is 4.98 Å². The fourth-order valence-electron chi connectivity index (χ4n) is 2.46. The zero-order valence-corrected chi connectivity index (χ0v) is 16.0. The van der Waals surface area contributed by atoms with Crippen LogP contribution < -0.4 is 24.8 Å². The summed E-state index contributed by atoms with van der Waals surface area (Å²) in [4.78, 5) is 16.7. The van der Waals surface area contributed by atoms with E-state index in [0.29, 0.717) is 35.2 Å². The van der Waals surface area contributed by atoms with Gasteiger partial charge in [0, 0.05) is 50.0 Å². The molecule has 0 unspecified atom stereocenters. The number of pyridine rings is 1. The lowest BCUT2D eigenvalue weighted by molar-refractivity contribution is 0.102. The SMILES string of the molecule is COCCCNc1ccnc(C(=O)Nc2cc(OC)c(OC)c(OC)c2)c1. The standard InChI is InChI=1S/C19H25N3O5/c1-24-9-5-7-20-13-6-8-21-15(10-13)19(23)22-14-11-16(25-2)18(27-4)17(12-14)26-3/h6,8,10-12H,5,7,9H2,1-4H3,(H,20,21)(H,22,23). The second-order valence-electron chi connectivity index (χ2n) is 5.57. The van der Waals surface area contributed by atoms with Crippen LogP contribution in [0.25, 0.3) is 0 Å². The topological polar surface area (TPSA) is 90.9 Å². The van der Waals surface area contributed by atoms with Gasteiger partial charge in [-0.15, -0.1) is 0 Å².